The molecule has 10 N–H and O–H groups in total. The van der Waals surface area contributed by atoms with Gasteiger partial charge in [0.25, 0.3) is 5.91 Å². The van der Waals surface area contributed by atoms with E-state index in [-0.39, 0.29) is 35.3 Å². The van der Waals surface area contributed by atoms with E-state index in [9.17, 15) is 39.0 Å². The average Bonchev–Trinajstić information content (AvgIpc) is 1.96. The zero-order chi connectivity index (χ0) is 68.2. The number of carboxylic acid groups (broad SMARTS) is 1. The van der Waals surface area contributed by atoms with Crippen molar-refractivity contribution in [2.24, 2.45) is 0 Å². The van der Waals surface area contributed by atoms with E-state index >= 15 is 0 Å². The highest BCUT2D eigenvalue weighted by Gasteiger charge is 2.38. The number of carboxylic acids is 1. The van der Waals surface area contributed by atoms with Gasteiger partial charge in [-0.15, -0.1) is 0 Å². The summed E-state index contributed by atoms with van der Waals surface area (Å²) in [6, 6.07) is 38.4. The number of piperidine rings is 2. The molecule has 2 saturated heterocycles. The average molecular weight is 1330 g/mol. The van der Waals surface area contributed by atoms with Gasteiger partial charge in [0.15, 0.2) is 6.04 Å². The second-order valence-corrected chi connectivity index (χ2v) is 25.0. The molecule has 2 aromatic heterocycles. The number of alkyl carbamates (subject to hydrolysis) is 2. The number of ether oxygens (including phenoxy) is 2. The van der Waals surface area contributed by atoms with E-state index in [0.717, 1.165) is 49.9 Å². The second kappa shape index (κ2) is 32.8. The fourth-order valence-corrected chi connectivity index (χ4v) is 10.4. The van der Waals surface area contributed by atoms with E-state index in [2.05, 4.69) is 70.7 Å². The number of aromatic nitrogens is 4. The predicted molar refractivity (Wildman–Crippen MR) is 363 cm³/mol. The van der Waals surface area contributed by atoms with Crippen molar-refractivity contribution in [2.45, 2.75) is 115 Å². The molecule has 4 heterocycles. The highest BCUT2D eigenvalue weighted by atomic mass is 35.5. The number of aromatic hydroxyl groups is 2. The zero-order valence-corrected chi connectivity index (χ0v) is 54.7. The van der Waals surface area contributed by atoms with Crippen LogP contribution in [0.3, 0.4) is 0 Å². The Morgan fingerprint density at radius 1 is 0.568 bits per heavy atom. The molecule has 0 spiro atoms. The molecule has 492 valence electrons. The molecule has 6 aromatic carbocycles. The summed E-state index contributed by atoms with van der Waals surface area (Å²) in [5, 5.41) is 58.5. The van der Waals surface area contributed by atoms with Gasteiger partial charge in [-0.2, -0.15) is 10.2 Å². The van der Waals surface area contributed by atoms with E-state index < -0.39 is 47.5 Å². The number of nitrogens with zero attached hydrogens (tertiary/aromatic N) is 3. The van der Waals surface area contributed by atoms with Crippen LogP contribution in [0.2, 0.25) is 10.0 Å². The molecule has 0 radical (unpaired) electrons. The monoisotopic (exact) mass is 1320 g/mol. The van der Waals surface area contributed by atoms with Crippen molar-refractivity contribution < 1.29 is 53.6 Å². The first-order valence-electron chi connectivity index (χ1n) is 30.6. The number of rotatable bonds is 12. The third-order valence-electron chi connectivity index (χ3n) is 14.5. The van der Waals surface area contributed by atoms with Crippen molar-refractivity contribution in [2.75, 3.05) is 23.7 Å². The van der Waals surface area contributed by atoms with E-state index in [0.29, 0.717) is 79.0 Å². The molecule has 23 heteroatoms. The van der Waals surface area contributed by atoms with Crippen molar-refractivity contribution in [3.8, 4) is 57.7 Å². The fourth-order valence-electron chi connectivity index (χ4n) is 10.0. The number of phenolic OH excluding ortho intramolecular Hbond substituents is 2. The van der Waals surface area contributed by atoms with Gasteiger partial charge in [0.05, 0.1) is 41.0 Å². The number of likely N-dealkylation sites (tertiary alicyclic amines) is 1. The maximum atomic E-state index is 14.0. The summed E-state index contributed by atoms with van der Waals surface area (Å²) in [4.78, 5) is 76.8. The van der Waals surface area contributed by atoms with Gasteiger partial charge in [-0.05, 0) is 176 Å². The van der Waals surface area contributed by atoms with Gasteiger partial charge in [0.2, 0.25) is 11.8 Å². The van der Waals surface area contributed by atoms with Gasteiger partial charge >= 0.3 is 18.2 Å². The molecule has 8 aromatic rings. The number of aromatic amines is 2. The predicted octanol–water partition coefficient (Wildman–Crippen LogP) is 12.7. The molecular weight excluding hydrogens is 1250 g/mol. The summed E-state index contributed by atoms with van der Waals surface area (Å²) in [6.45, 7) is 11.7. The third kappa shape index (κ3) is 21.0. The molecule has 0 unspecified atom stereocenters. The zero-order valence-electron chi connectivity index (χ0n) is 53.2. The minimum absolute atomic E-state index is 0.00194. The number of amides is 5. The second-order valence-electron chi connectivity index (χ2n) is 24.1. The molecule has 4 atom stereocenters. The maximum Gasteiger partial charge on any atom is 0.408 e. The quantitative estimate of drug-likeness (QED) is 0.0509. The Kier molecular flexibility index (Phi) is 24.3. The first-order chi connectivity index (χ1) is 45.4. The lowest BCUT2D eigenvalue weighted by Crippen LogP contribution is -2.53. The van der Waals surface area contributed by atoms with Crippen molar-refractivity contribution in [1.29, 1.82) is 0 Å². The Morgan fingerprint density at radius 3 is 1.47 bits per heavy atom. The van der Waals surface area contributed by atoms with Crippen LogP contribution >= 0.6 is 23.2 Å². The summed E-state index contributed by atoms with van der Waals surface area (Å²) >= 11 is 12.2. The fraction of sp³-hybridized carbons (Fsp3) is 0.278. The largest absolute Gasteiger partial charge is 0.507 e. The van der Waals surface area contributed by atoms with Crippen LogP contribution in [0.4, 0.5) is 21.0 Å². The first kappa shape index (κ1) is 70.3. The lowest BCUT2D eigenvalue weighted by molar-refractivity contribution is -0.142. The normalized spacial score (nSPS) is 14.9. The Balaban J connectivity index is 0.000000204. The summed E-state index contributed by atoms with van der Waals surface area (Å²) in [7, 11) is 0. The number of H-pyrrole nitrogens is 2. The number of carbonyl (C=O) groups is 6. The summed E-state index contributed by atoms with van der Waals surface area (Å²) < 4.78 is 10.5. The van der Waals surface area contributed by atoms with E-state index in [1.54, 1.807) is 162 Å². The minimum Gasteiger partial charge on any atom is -0.507 e. The number of halogens is 2. The van der Waals surface area contributed by atoms with Gasteiger partial charge in [0.1, 0.15) is 34.8 Å². The number of phenols is 2. The van der Waals surface area contributed by atoms with Crippen LogP contribution in [0.1, 0.15) is 126 Å². The van der Waals surface area contributed by atoms with Crippen molar-refractivity contribution in [3.63, 3.8) is 0 Å². The molecule has 2 fully saturated rings. The minimum atomic E-state index is -1.13. The van der Waals surface area contributed by atoms with Crippen molar-refractivity contribution >= 4 is 70.5 Å². The summed E-state index contributed by atoms with van der Waals surface area (Å²) in [5.74, 6) is 10.6. The number of aliphatic carboxylic acids is 1. The van der Waals surface area contributed by atoms with Gasteiger partial charge in [-0.25, -0.2) is 14.4 Å². The number of carbonyl (C=O) groups excluding carboxylic acids is 5. The van der Waals surface area contributed by atoms with Gasteiger partial charge in [0, 0.05) is 50.2 Å². The maximum absolute atomic E-state index is 14.0. The molecule has 0 aliphatic carbocycles. The standard InChI is InChI=1S/C36H36ClN5O5.C23H21ClN4O2.C13H17NO4/c1-36(2,3)47-35(46)40-32(24-9-5-4-6-10-24)34(45)42-20-8-7-11-29(42)33(44)39-27-17-13-23(14-18-27)12-15-25-22-38-41-31(25)28-21-26(37)16-19-30(28)43;24-17-8-11-21(29)19(13-17)22-16(14-26-28-22)7-4-15-5-9-18(10-6-15)27-23(30)20-3-1-2-12-25-20;1-13(2,3)18-12(17)14-10(11(15)16)9-7-5-4-6-8-9/h4-6,9-10,13-14,16-19,21-22,29,32,43H,7-8,11,20H2,1-3H3,(H,38,41)(H,39,44)(H,40,46);5-6,8-11,13-14,20,25,29H,1-3,12H2,(H,26,28)(H,27,30);4-8,10H,1-3H3,(H,14,17)(H,15,16)/t29-,32+;20-;10-/m001/s1. The van der Waals surface area contributed by atoms with Crippen LogP contribution in [0.15, 0.2) is 158 Å². The number of benzene rings is 6. The molecule has 2 aliphatic heterocycles. The number of hydrogen-bond acceptors (Lipinski definition) is 13. The molecule has 95 heavy (non-hydrogen) atoms. The van der Waals surface area contributed by atoms with E-state index in [4.69, 9.17) is 37.8 Å². The lowest BCUT2D eigenvalue weighted by atomic mass is 9.98. The topological polar surface area (TPSA) is 302 Å². The SMILES string of the molecule is CC(C)(C)OC(=O)N[C@@H](C(=O)N1CCCC[C@H]1C(=O)Nc1ccc(C#Cc2cn[nH]c2-c2cc(Cl)ccc2O)cc1)c1ccccc1.CC(C)(C)OC(=O)N[C@@H](C(=O)O)c1ccccc1.O=C(Nc1ccc(C#Cc2cn[nH]c2-c2cc(Cl)ccc2O)cc1)[C@@H]1CCCCN1. The van der Waals surface area contributed by atoms with Crippen LogP contribution in [0, 0.1) is 23.7 Å². The number of hydrogen-bond donors (Lipinski definition) is 10. The van der Waals surface area contributed by atoms with Crippen molar-refractivity contribution in [1.82, 2.24) is 41.2 Å². The highest BCUT2D eigenvalue weighted by molar-refractivity contribution is 6.31. The number of nitrogens with one attached hydrogen (secondary N) is 7. The van der Waals surface area contributed by atoms with Crippen LogP contribution < -0.4 is 26.6 Å². The smallest absolute Gasteiger partial charge is 0.408 e. The molecule has 0 saturated carbocycles. The first-order valence-corrected chi connectivity index (χ1v) is 31.4. The van der Waals surface area contributed by atoms with Gasteiger partial charge in [-0.3, -0.25) is 24.6 Å². The Morgan fingerprint density at radius 2 is 1.02 bits per heavy atom. The van der Waals surface area contributed by atoms with Crippen LogP contribution in [0.5, 0.6) is 11.5 Å². The number of anilines is 2. The Hall–Kier alpha value is -10.6. The van der Waals surface area contributed by atoms with Crippen LogP contribution in [0.25, 0.3) is 22.5 Å². The van der Waals surface area contributed by atoms with Crippen LogP contribution in [-0.4, -0.2) is 113 Å². The van der Waals surface area contributed by atoms with Gasteiger partial charge in [-0.1, -0.05) is 114 Å². The molecule has 21 nitrogen and oxygen atoms in total. The van der Waals surface area contributed by atoms with E-state index in [1.165, 1.54) is 12.1 Å². The Labute approximate surface area is 560 Å². The summed E-state index contributed by atoms with van der Waals surface area (Å²) in [5.41, 5.74) is 5.87. The van der Waals surface area contributed by atoms with Crippen LogP contribution in [-0.2, 0) is 28.7 Å². The highest BCUT2D eigenvalue weighted by Crippen LogP contribution is 2.34. The molecule has 5 amide bonds. The Bertz CT molecular complexity index is 4100. The molecular formula is C72H74Cl2N10O11. The lowest BCUT2D eigenvalue weighted by Gasteiger charge is -2.37. The molecule has 2 aliphatic rings. The molecule has 0 bridgehead atoms. The van der Waals surface area contributed by atoms with E-state index in [1.807, 2.05) is 30.3 Å². The third-order valence-corrected chi connectivity index (χ3v) is 15.0. The molecule has 10 rings (SSSR count). The summed E-state index contributed by atoms with van der Waals surface area (Å²) in [6.07, 6.45) is 6.78. The van der Waals surface area contributed by atoms with Gasteiger partial charge < -0.3 is 56.3 Å². The van der Waals surface area contributed by atoms with Crippen molar-refractivity contribution in [3.05, 3.63) is 201 Å².